The first-order valence-electron chi connectivity index (χ1n) is 7.25. The van der Waals surface area contributed by atoms with E-state index in [4.69, 9.17) is 0 Å². The molecular formula is C17H18BrNOS. The quantitative estimate of drug-likeness (QED) is 0.735. The van der Waals surface area contributed by atoms with Gasteiger partial charge in [0.15, 0.2) is 0 Å². The zero-order valence-corrected chi connectivity index (χ0v) is 14.4. The third-order valence-corrected chi connectivity index (χ3v) is 5.65. The van der Waals surface area contributed by atoms with Crippen LogP contribution in [0.4, 0.5) is 0 Å². The van der Waals surface area contributed by atoms with Gasteiger partial charge in [0, 0.05) is 12.6 Å². The molecule has 1 amide bonds. The molecule has 0 aliphatic heterocycles. The van der Waals surface area contributed by atoms with Gasteiger partial charge in [-0.25, -0.2) is 0 Å². The summed E-state index contributed by atoms with van der Waals surface area (Å²) in [7, 11) is 0. The highest BCUT2D eigenvalue weighted by atomic mass is 79.9. The van der Waals surface area contributed by atoms with Crippen LogP contribution >= 0.6 is 27.3 Å². The average molecular weight is 364 g/mol. The van der Waals surface area contributed by atoms with Gasteiger partial charge in [0.2, 0.25) is 0 Å². The lowest BCUT2D eigenvalue weighted by molar-refractivity contribution is 0.0659. The Balaban J connectivity index is 1.83. The summed E-state index contributed by atoms with van der Waals surface area (Å²) in [6, 6.07) is 14.4. The SMILES string of the molecule is CC(C1CC1)N(Cc1ccccc1)C(=O)c1ccc(Br)s1. The summed E-state index contributed by atoms with van der Waals surface area (Å²) in [6.45, 7) is 2.87. The van der Waals surface area contributed by atoms with Gasteiger partial charge in [-0.2, -0.15) is 0 Å². The molecule has 1 aliphatic carbocycles. The van der Waals surface area contributed by atoms with Crippen molar-refractivity contribution in [1.82, 2.24) is 4.90 Å². The van der Waals surface area contributed by atoms with Gasteiger partial charge in [0.05, 0.1) is 8.66 Å². The van der Waals surface area contributed by atoms with Crippen LogP contribution in [0, 0.1) is 5.92 Å². The third-order valence-electron chi connectivity index (χ3n) is 4.04. The second-order valence-corrected chi connectivity index (χ2v) is 8.06. The standard InChI is InChI=1S/C17H18BrNOS/c1-12(14-7-8-14)19(11-13-5-3-2-4-6-13)17(20)15-9-10-16(18)21-15/h2-6,9-10,12,14H,7-8,11H2,1H3. The molecule has 2 aromatic rings. The Morgan fingerprint density at radius 2 is 2.00 bits per heavy atom. The van der Waals surface area contributed by atoms with Crippen molar-refractivity contribution in [2.45, 2.75) is 32.4 Å². The zero-order valence-electron chi connectivity index (χ0n) is 12.0. The lowest BCUT2D eigenvalue weighted by atomic mass is 10.1. The molecule has 0 N–H and O–H groups in total. The fourth-order valence-electron chi connectivity index (χ4n) is 2.58. The highest BCUT2D eigenvalue weighted by molar-refractivity contribution is 9.11. The molecule has 21 heavy (non-hydrogen) atoms. The van der Waals surface area contributed by atoms with Crippen LogP contribution in [-0.4, -0.2) is 16.8 Å². The molecule has 0 saturated heterocycles. The van der Waals surface area contributed by atoms with Gasteiger partial charge in [-0.05, 0) is 59.3 Å². The summed E-state index contributed by atoms with van der Waals surface area (Å²) in [5.74, 6) is 0.815. The van der Waals surface area contributed by atoms with Crippen molar-refractivity contribution in [3.05, 3.63) is 56.7 Å². The molecule has 4 heteroatoms. The Hall–Kier alpha value is -1.13. The Kier molecular flexibility index (Phi) is 4.45. The average Bonchev–Trinajstić information content (AvgIpc) is 3.26. The largest absolute Gasteiger partial charge is 0.331 e. The van der Waals surface area contributed by atoms with Crippen molar-refractivity contribution in [2.75, 3.05) is 0 Å². The first kappa shape index (κ1) is 14.8. The Labute approximate surface area is 137 Å². The van der Waals surface area contributed by atoms with Crippen LogP contribution in [0.1, 0.15) is 35.0 Å². The minimum absolute atomic E-state index is 0.147. The molecule has 1 atom stereocenters. The highest BCUT2D eigenvalue weighted by Crippen LogP contribution is 2.36. The molecule has 0 spiro atoms. The first-order valence-corrected chi connectivity index (χ1v) is 8.86. The van der Waals surface area contributed by atoms with E-state index in [1.807, 2.05) is 35.2 Å². The van der Waals surface area contributed by atoms with Crippen molar-refractivity contribution in [3.63, 3.8) is 0 Å². The van der Waals surface area contributed by atoms with E-state index >= 15 is 0 Å². The molecule has 0 radical (unpaired) electrons. The van der Waals surface area contributed by atoms with Crippen LogP contribution < -0.4 is 0 Å². The Morgan fingerprint density at radius 1 is 1.29 bits per heavy atom. The molecule has 1 aromatic carbocycles. The van der Waals surface area contributed by atoms with Gasteiger partial charge in [-0.3, -0.25) is 4.79 Å². The van der Waals surface area contributed by atoms with Crippen LogP contribution in [0.25, 0.3) is 0 Å². The predicted molar refractivity (Wildman–Crippen MR) is 90.5 cm³/mol. The summed E-state index contributed by atoms with van der Waals surface area (Å²) in [6.07, 6.45) is 2.49. The number of rotatable bonds is 5. The van der Waals surface area contributed by atoms with Gasteiger partial charge in [0.1, 0.15) is 0 Å². The van der Waals surface area contributed by atoms with Crippen LogP contribution in [0.5, 0.6) is 0 Å². The van der Waals surface area contributed by atoms with Gasteiger partial charge in [-0.15, -0.1) is 11.3 Å². The van der Waals surface area contributed by atoms with Crippen molar-refractivity contribution in [1.29, 1.82) is 0 Å². The molecule has 110 valence electrons. The van der Waals surface area contributed by atoms with Crippen LogP contribution in [0.15, 0.2) is 46.3 Å². The molecule has 0 bridgehead atoms. The fraction of sp³-hybridized carbons (Fsp3) is 0.353. The third kappa shape index (κ3) is 3.55. The Morgan fingerprint density at radius 3 is 2.57 bits per heavy atom. The maximum atomic E-state index is 12.9. The van der Waals surface area contributed by atoms with E-state index < -0.39 is 0 Å². The smallest absolute Gasteiger partial charge is 0.264 e. The Bertz CT molecular complexity index is 621. The second-order valence-electron chi connectivity index (χ2n) is 5.60. The number of halogens is 1. The van der Waals surface area contributed by atoms with Gasteiger partial charge >= 0.3 is 0 Å². The number of carbonyl (C=O) groups is 1. The van der Waals surface area contributed by atoms with E-state index in [1.54, 1.807) is 0 Å². The van der Waals surface area contributed by atoms with E-state index in [-0.39, 0.29) is 5.91 Å². The van der Waals surface area contributed by atoms with Gasteiger partial charge in [-0.1, -0.05) is 30.3 Å². The molecule has 2 nitrogen and oxygen atoms in total. The molecule has 3 rings (SSSR count). The summed E-state index contributed by atoms with van der Waals surface area (Å²) in [4.78, 5) is 15.7. The number of thiophene rings is 1. The molecular weight excluding hydrogens is 346 g/mol. The molecule has 1 fully saturated rings. The maximum Gasteiger partial charge on any atom is 0.264 e. The van der Waals surface area contributed by atoms with Crippen molar-refractivity contribution in [2.24, 2.45) is 5.92 Å². The second kappa shape index (κ2) is 6.32. The summed E-state index contributed by atoms with van der Waals surface area (Å²) in [5, 5.41) is 0. The maximum absolute atomic E-state index is 12.9. The predicted octanol–water partition coefficient (Wildman–Crippen LogP) is 4.95. The zero-order chi connectivity index (χ0) is 14.8. The van der Waals surface area contributed by atoms with Gasteiger partial charge in [0.25, 0.3) is 5.91 Å². The number of carbonyl (C=O) groups excluding carboxylic acids is 1. The molecule has 1 heterocycles. The number of benzene rings is 1. The molecule has 1 aromatic heterocycles. The van der Waals surface area contributed by atoms with Crippen LogP contribution in [0.2, 0.25) is 0 Å². The van der Waals surface area contributed by atoms with E-state index in [2.05, 4.69) is 35.0 Å². The lowest BCUT2D eigenvalue weighted by Crippen LogP contribution is -2.39. The highest BCUT2D eigenvalue weighted by Gasteiger charge is 2.34. The monoisotopic (exact) mass is 363 g/mol. The summed E-state index contributed by atoms with van der Waals surface area (Å²) < 4.78 is 1.00. The molecule has 1 aliphatic rings. The summed E-state index contributed by atoms with van der Waals surface area (Å²) >= 11 is 4.95. The fourth-order valence-corrected chi connectivity index (χ4v) is 3.93. The van der Waals surface area contributed by atoms with Crippen molar-refractivity contribution >= 4 is 33.2 Å². The van der Waals surface area contributed by atoms with E-state index in [9.17, 15) is 4.79 Å². The minimum Gasteiger partial charge on any atom is -0.331 e. The van der Waals surface area contributed by atoms with Gasteiger partial charge < -0.3 is 4.90 Å². The minimum atomic E-state index is 0.147. The molecule has 1 saturated carbocycles. The van der Waals surface area contributed by atoms with Crippen LogP contribution in [0.3, 0.4) is 0 Å². The number of nitrogens with zero attached hydrogens (tertiary/aromatic N) is 1. The van der Waals surface area contributed by atoms with Crippen LogP contribution in [-0.2, 0) is 6.54 Å². The van der Waals surface area contributed by atoms with E-state index in [1.165, 1.54) is 29.7 Å². The number of hydrogen-bond acceptors (Lipinski definition) is 2. The number of amides is 1. The van der Waals surface area contributed by atoms with E-state index in [0.717, 1.165) is 8.66 Å². The van der Waals surface area contributed by atoms with E-state index in [0.29, 0.717) is 18.5 Å². The van der Waals surface area contributed by atoms with Crippen molar-refractivity contribution in [3.8, 4) is 0 Å². The first-order chi connectivity index (χ1) is 10.1. The molecule has 1 unspecified atom stereocenters. The summed E-state index contributed by atoms with van der Waals surface area (Å²) in [5.41, 5.74) is 1.19. The topological polar surface area (TPSA) is 20.3 Å². The lowest BCUT2D eigenvalue weighted by Gasteiger charge is -2.29. The normalized spacial score (nSPS) is 15.7. The number of hydrogen-bond donors (Lipinski definition) is 0. The van der Waals surface area contributed by atoms with Crippen molar-refractivity contribution < 1.29 is 4.79 Å².